The number of carbonyl (C=O) groups excluding carboxylic acids is 2. The van der Waals surface area contributed by atoms with E-state index >= 15 is 0 Å². The average Bonchev–Trinajstić information content (AvgIpc) is 3.00. The van der Waals surface area contributed by atoms with Gasteiger partial charge in [0.25, 0.3) is 0 Å². The Balaban J connectivity index is 0.00000320. The summed E-state index contributed by atoms with van der Waals surface area (Å²) < 4.78 is 11.5. The van der Waals surface area contributed by atoms with E-state index in [-0.39, 0.29) is 48.1 Å². The van der Waals surface area contributed by atoms with Crippen LogP contribution in [-0.2, 0) is 25.5 Å². The lowest BCUT2D eigenvalue weighted by Gasteiger charge is -2.25. The molecule has 0 amide bonds. The van der Waals surface area contributed by atoms with Crippen LogP contribution < -0.4 is 17.0 Å². The minimum atomic E-state index is -0.546. The minimum absolute atomic E-state index is 0. The van der Waals surface area contributed by atoms with Crippen LogP contribution in [0, 0.1) is 0 Å². The summed E-state index contributed by atoms with van der Waals surface area (Å²) >= 11 is 0. The highest BCUT2D eigenvalue weighted by Gasteiger charge is 2.58. The Morgan fingerprint density at radius 3 is 2.07 bits per heavy atom. The SMILES string of the molecule is CC(C)(C)OC(=O)C[N+]1(CC(=O)OC(C)(C)C)C[C@@H]1Cc1c[nH]c2ccccc12.[Br-]. The van der Waals surface area contributed by atoms with E-state index in [1.54, 1.807) is 0 Å². The van der Waals surface area contributed by atoms with Crippen LogP contribution in [0.15, 0.2) is 30.5 Å². The molecule has 0 radical (unpaired) electrons. The molecule has 1 saturated heterocycles. The summed E-state index contributed by atoms with van der Waals surface area (Å²) in [6, 6.07) is 8.37. The molecule has 2 aromatic rings. The van der Waals surface area contributed by atoms with E-state index in [0.29, 0.717) is 4.48 Å². The monoisotopic (exact) mass is 480 g/mol. The molecule has 1 aromatic carbocycles. The molecule has 6 nitrogen and oxygen atoms in total. The predicted molar refractivity (Wildman–Crippen MR) is 112 cm³/mol. The van der Waals surface area contributed by atoms with Crippen molar-refractivity contribution in [3.63, 3.8) is 0 Å². The maximum absolute atomic E-state index is 12.5. The lowest BCUT2D eigenvalue weighted by Crippen LogP contribution is -3.00. The van der Waals surface area contributed by atoms with Crippen molar-refractivity contribution >= 4 is 22.8 Å². The van der Waals surface area contributed by atoms with E-state index in [1.807, 2.05) is 59.9 Å². The predicted octanol–water partition coefficient (Wildman–Crippen LogP) is 0.597. The van der Waals surface area contributed by atoms with Gasteiger partial charge in [0.2, 0.25) is 0 Å². The van der Waals surface area contributed by atoms with Crippen LogP contribution in [0.25, 0.3) is 10.9 Å². The zero-order valence-electron chi connectivity index (χ0n) is 18.8. The molecule has 1 aromatic heterocycles. The fourth-order valence-corrected chi connectivity index (χ4v) is 3.89. The Hall–Kier alpha value is -1.86. The van der Waals surface area contributed by atoms with Gasteiger partial charge in [-0.3, -0.25) is 4.48 Å². The Labute approximate surface area is 189 Å². The number of fused-ring (bicyclic) bond motifs is 1. The molecular formula is C23H33BrN2O4. The Kier molecular flexibility index (Phi) is 7.09. The van der Waals surface area contributed by atoms with Gasteiger partial charge in [-0.05, 0) is 53.2 Å². The summed E-state index contributed by atoms with van der Waals surface area (Å²) in [5.74, 6) is -0.551. The first-order valence-corrected chi connectivity index (χ1v) is 10.2. The number of nitrogens with one attached hydrogen (secondary N) is 1. The number of nitrogens with zero attached hydrogens (tertiary/aromatic N) is 1. The smallest absolute Gasteiger partial charge is 0.362 e. The third-order valence-corrected chi connectivity index (χ3v) is 5.07. The van der Waals surface area contributed by atoms with E-state index in [9.17, 15) is 9.59 Å². The van der Waals surface area contributed by atoms with E-state index in [1.165, 1.54) is 10.9 Å². The van der Waals surface area contributed by atoms with Gasteiger partial charge in [-0.1, -0.05) is 18.2 Å². The second-order valence-corrected chi connectivity index (χ2v) is 10.1. The van der Waals surface area contributed by atoms with Crippen LogP contribution in [0.4, 0.5) is 0 Å². The van der Waals surface area contributed by atoms with Crippen LogP contribution >= 0.6 is 0 Å². The van der Waals surface area contributed by atoms with Crippen molar-refractivity contribution in [1.82, 2.24) is 4.98 Å². The van der Waals surface area contributed by atoms with Crippen molar-refractivity contribution in [2.24, 2.45) is 0 Å². The number of benzene rings is 1. The van der Waals surface area contributed by atoms with Crippen LogP contribution in [0.1, 0.15) is 47.1 Å². The van der Waals surface area contributed by atoms with Gasteiger partial charge in [-0.15, -0.1) is 0 Å². The number of esters is 2. The molecule has 1 N–H and O–H groups in total. The van der Waals surface area contributed by atoms with Gasteiger partial charge in [0.15, 0.2) is 13.1 Å². The molecule has 0 unspecified atom stereocenters. The van der Waals surface area contributed by atoms with Crippen molar-refractivity contribution in [3.05, 3.63) is 36.0 Å². The zero-order valence-corrected chi connectivity index (χ0v) is 20.3. The quantitative estimate of drug-likeness (QED) is 0.373. The zero-order chi connectivity index (χ0) is 21.4. The molecule has 1 atom stereocenters. The number of quaternary nitrogens is 1. The summed E-state index contributed by atoms with van der Waals surface area (Å²) in [6.07, 6.45) is 2.83. The third kappa shape index (κ3) is 6.32. The maximum Gasteiger partial charge on any atom is 0.362 e. The summed E-state index contributed by atoms with van der Waals surface area (Å²) in [7, 11) is 0. The van der Waals surface area contributed by atoms with Crippen molar-refractivity contribution < 1.29 is 40.5 Å². The van der Waals surface area contributed by atoms with Gasteiger partial charge < -0.3 is 31.4 Å². The molecule has 166 valence electrons. The first-order valence-electron chi connectivity index (χ1n) is 10.2. The summed E-state index contributed by atoms with van der Waals surface area (Å²) in [5.41, 5.74) is 1.21. The Morgan fingerprint density at radius 1 is 1.00 bits per heavy atom. The summed E-state index contributed by atoms with van der Waals surface area (Å²) in [6.45, 7) is 12.3. The van der Waals surface area contributed by atoms with E-state index < -0.39 is 11.2 Å². The highest BCUT2D eigenvalue weighted by molar-refractivity contribution is 5.83. The number of para-hydroxylation sites is 1. The number of rotatable bonds is 6. The Bertz CT molecular complexity index is 878. The lowest BCUT2D eigenvalue weighted by molar-refractivity contribution is -0.798. The highest BCUT2D eigenvalue weighted by atomic mass is 79.9. The molecule has 3 rings (SSSR count). The molecule has 2 heterocycles. The number of aromatic amines is 1. The van der Waals surface area contributed by atoms with E-state index in [0.717, 1.165) is 18.5 Å². The van der Waals surface area contributed by atoms with E-state index in [2.05, 4.69) is 17.1 Å². The van der Waals surface area contributed by atoms with Gasteiger partial charge in [0.1, 0.15) is 23.8 Å². The largest absolute Gasteiger partial charge is 1.00 e. The first kappa shape index (κ1) is 24.4. The molecule has 0 aliphatic carbocycles. The fraction of sp³-hybridized carbons (Fsp3) is 0.565. The normalized spacial score (nSPS) is 17.9. The molecule has 7 heteroatoms. The van der Waals surface area contributed by atoms with Crippen LogP contribution in [0.5, 0.6) is 0 Å². The van der Waals surface area contributed by atoms with Gasteiger partial charge >= 0.3 is 11.9 Å². The lowest BCUT2D eigenvalue weighted by atomic mass is 10.1. The molecule has 0 saturated carbocycles. The number of aromatic nitrogens is 1. The third-order valence-electron chi connectivity index (χ3n) is 5.07. The van der Waals surface area contributed by atoms with Crippen molar-refractivity contribution in [1.29, 1.82) is 0 Å². The molecule has 0 spiro atoms. The fourth-order valence-electron chi connectivity index (χ4n) is 3.89. The number of hydrogen-bond acceptors (Lipinski definition) is 4. The van der Waals surface area contributed by atoms with E-state index in [4.69, 9.17) is 9.47 Å². The van der Waals surface area contributed by atoms with Crippen molar-refractivity contribution in [2.75, 3.05) is 19.6 Å². The highest BCUT2D eigenvalue weighted by Crippen LogP contribution is 2.36. The number of hydrogen-bond donors (Lipinski definition) is 1. The van der Waals surface area contributed by atoms with Gasteiger partial charge in [-0.2, -0.15) is 0 Å². The molecule has 1 aliphatic heterocycles. The first-order chi connectivity index (χ1) is 13.4. The van der Waals surface area contributed by atoms with Gasteiger partial charge in [-0.25, -0.2) is 9.59 Å². The maximum atomic E-state index is 12.5. The van der Waals surface area contributed by atoms with Crippen molar-refractivity contribution in [2.45, 2.75) is 65.2 Å². The molecular weight excluding hydrogens is 448 g/mol. The second-order valence-electron chi connectivity index (χ2n) is 10.1. The van der Waals surface area contributed by atoms with Crippen LogP contribution in [0.2, 0.25) is 0 Å². The van der Waals surface area contributed by atoms with Crippen LogP contribution in [-0.4, -0.2) is 58.3 Å². The summed E-state index contributed by atoms with van der Waals surface area (Å²) in [5, 5.41) is 1.19. The molecule has 0 bridgehead atoms. The molecule has 30 heavy (non-hydrogen) atoms. The second kappa shape index (κ2) is 8.71. The van der Waals surface area contributed by atoms with Crippen LogP contribution in [0.3, 0.4) is 0 Å². The van der Waals surface area contributed by atoms with Gasteiger partial charge in [0, 0.05) is 23.5 Å². The number of ether oxygens (including phenoxy) is 2. The van der Waals surface area contributed by atoms with Crippen molar-refractivity contribution in [3.8, 4) is 0 Å². The number of carbonyl (C=O) groups is 2. The molecule has 1 fully saturated rings. The number of halogens is 1. The average molecular weight is 481 g/mol. The number of H-pyrrole nitrogens is 1. The summed E-state index contributed by atoms with van der Waals surface area (Å²) in [4.78, 5) is 28.4. The minimum Gasteiger partial charge on any atom is -1.00 e. The topological polar surface area (TPSA) is 68.4 Å². The van der Waals surface area contributed by atoms with Gasteiger partial charge in [0.05, 0.1) is 0 Å². The Morgan fingerprint density at radius 2 is 1.53 bits per heavy atom. The standard InChI is InChI=1S/C23H33N2O4.BrH/c1-22(2,3)28-20(26)14-25(15-21(27)29-23(4,5)6)13-17(25)11-16-12-24-19-10-8-7-9-18(16)19;/h7-10,12,17,24H,11,13-15H2,1-6H3;1H/q+1;/p-1/t17-;/m0./s1. The molecule has 1 aliphatic rings.